The zero-order chi connectivity index (χ0) is 9.30. The second-order valence-corrected chi connectivity index (χ2v) is 4.11. The summed E-state index contributed by atoms with van der Waals surface area (Å²) in [6, 6.07) is 0. The summed E-state index contributed by atoms with van der Waals surface area (Å²) in [7, 11) is 0. The summed E-state index contributed by atoms with van der Waals surface area (Å²) < 4.78 is 37.5. The Morgan fingerprint density at radius 1 is 1.33 bits per heavy atom. The van der Waals surface area contributed by atoms with E-state index in [2.05, 4.69) is 4.98 Å². The quantitative estimate of drug-likeness (QED) is 0.522. The molecule has 0 atom stereocenters. The van der Waals surface area contributed by atoms with Crippen LogP contribution in [-0.4, -0.2) is 4.98 Å². The van der Waals surface area contributed by atoms with Gasteiger partial charge in [-0.25, -0.2) is 18.2 Å². The predicted molar refractivity (Wildman–Crippen MR) is 54.6 cm³/mol. The lowest BCUT2D eigenvalue weighted by Crippen LogP contribution is -2.00. The minimum Gasteiger partial charge on any atom is -0.246 e. The van der Waals surface area contributed by atoms with Crippen LogP contribution in [0.5, 0.6) is 0 Å². The van der Waals surface area contributed by atoms with Gasteiger partial charge >= 0.3 is 0 Å². The predicted octanol–water partition coefficient (Wildman–Crippen LogP) is 3.37. The van der Waals surface area contributed by atoms with E-state index >= 15 is 0 Å². The average molecular weight is 399 g/mol. The van der Waals surface area contributed by atoms with Crippen molar-refractivity contribution in [2.75, 3.05) is 0 Å². The van der Waals surface area contributed by atoms with E-state index in [1.165, 1.54) is 6.20 Å². The first-order valence-electron chi connectivity index (χ1n) is 2.81. The van der Waals surface area contributed by atoms with Crippen molar-refractivity contribution in [2.45, 2.75) is 6.43 Å². The standard InChI is InChI=1S/C6H2F3I2N/c7-4-3(5(8)9)2(10)1-12-6(4)11/h1,5H. The second-order valence-electron chi connectivity index (χ2n) is 1.93. The molecule has 1 heterocycles. The van der Waals surface area contributed by atoms with Crippen LogP contribution in [-0.2, 0) is 0 Å². The third-order valence-electron chi connectivity index (χ3n) is 1.18. The normalized spacial score (nSPS) is 10.8. The third kappa shape index (κ3) is 2.01. The summed E-state index contributed by atoms with van der Waals surface area (Å²) in [5.41, 5.74) is -0.560. The Balaban J connectivity index is 3.33. The number of pyridine rings is 1. The van der Waals surface area contributed by atoms with Crippen LogP contribution in [0, 0.1) is 13.1 Å². The zero-order valence-corrected chi connectivity index (χ0v) is 9.81. The first kappa shape index (κ1) is 10.5. The molecule has 0 bridgehead atoms. The zero-order valence-electron chi connectivity index (χ0n) is 5.49. The molecule has 1 nitrogen and oxygen atoms in total. The summed E-state index contributed by atoms with van der Waals surface area (Å²) in [5, 5.41) is 0. The monoisotopic (exact) mass is 399 g/mol. The highest BCUT2D eigenvalue weighted by atomic mass is 127. The first-order valence-corrected chi connectivity index (χ1v) is 4.97. The highest BCUT2D eigenvalue weighted by molar-refractivity contribution is 14.1. The lowest BCUT2D eigenvalue weighted by Gasteiger charge is -2.04. The molecule has 0 aliphatic rings. The molecule has 0 amide bonds. The molecule has 0 saturated carbocycles. The van der Waals surface area contributed by atoms with Gasteiger partial charge in [0.25, 0.3) is 6.43 Å². The van der Waals surface area contributed by atoms with E-state index in [1.807, 2.05) is 0 Å². The fraction of sp³-hybridized carbons (Fsp3) is 0.167. The van der Waals surface area contributed by atoms with E-state index in [1.54, 1.807) is 45.2 Å². The van der Waals surface area contributed by atoms with Gasteiger partial charge in [0.2, 0.25) is 0 Å². The summed E-state index contributed by atoms with van der Waals surface area (Å²) in [6.07, 6.45) is -1.55. The highest BCUT2D eigenvalue weighted by Gasteiger charge is 2.19. The number of aromatic nitrogens is 1. The Labute approximate surface area is 94.0 Å². The molecule has 0 saturated heterocycles. The van der Waals surface area contributed by atoms with Gasteiger partial charge in [0.1, 0.15) is 3.70 Å². The molecule has 1 aromatic rings. The third-order valence-corrected chi connectivity index (χ3v) is 2.80. The van der Waals surface area contributed by atoms with Crippen LogP contribution in [0.15, 0.2) is 6.20 Å². The molecule has 0 N–H and O–H groups in total. The highest BCUT2D eigenvalue weighted by Crippen LogP contribution is 2.28. The van der Waals surface area contributed by atoms with Crippen LogP contribution in [0.3, 0.4) is 0 Å². The van der Waals surface area contributed by atoms with Gasteiger partial charge in [0, 0.05) is 9.77 Å². The van der Waals surface area contributed by atoms with Gasteiger partial charge in [-0.1, -0.05) is 0 Å². The van der Waals surface area contributed by atoms with Crippen LogP contribution >= 0.6 is 45.2 Å². The summed E-state index contributed by atoms with van der Waals surface area (Å²) in [6.45, 7) is 0. The van der Waals surface area contributed by atoms with E-state index < -0.39 is 17.8 Å². The summed E-state index contributed by atoms with van der Waals surface area (Å²) in [4.78, 5) is 3.59. The SMILES string of the molecule is Fc1c(I)ncc(I)c1C(F)F. The van der Waals surface area contributed by atoms with Crippen molar-refractivity contribution in [3.8, 4) is 0 Å². The maximum Gasteiger partial charge on any atom is 0.267 e. The fourth-order valence-electron chi connectivity index (χ4n) is 0.656. The Morgan fingerprint density at radius 2 is 1.92 bits per heavy atom. The summed E-state index contributed by atoms with van der Waals surface area (Å²) in [5.74, 6) is -0.919. The van der Waals surface area contributed by atoms with Gasteiger partial charge < -0.3 is 0 Å². The van der Waals surface area contributed by atoms with Crippen molar-refractivity contribution in [1.29, 1.82) is 0 Å². The molecular weight excluding hydrogens is 397 g/mol. The molecule has 12 heavy (non-hydrogen) atoms. The van der Waals surface area contributed by atoms with Gasteiger partial charge in [0.15, 0.2) is 5.82 Å². The molecule has 0 aromatic carbocycles. The maximum absolute atomic E-state index is 13.0. The minimum atomic E-state index is -2.78. The number of rotatable bonds is 1. The average Bonchev–Trinajstić information content (AvgIpc) is 1.97. The van der Waals surface area contributed by atoms with Gasteiger partial charge in [-0.2, -0.15) is 0 Å². The maximum atomic E-state index is 13.0. The van der Waals surface area contributed by atoms with Crippen molar-refractivity contribution in [3.05, 3.63) is 24.8 Å². The second kappa shape index (κ2) is 4.07. The Kier molecular flexibility index (Phi) is 3.56. The fourth-order valence-corrected chi connectivity index (χ4v) is 1.70. The van der Waals surface area contributed by atoms with Crippen molar-refractivity contribution in [2.24, 2.45) is 0 Å². The number of alkyl halides is 2. The molecule has 0 unspecified atom stereocenters. The van der Waals surface area contributed by atoms with Gasteiger partial charge in [-0.05, 0) is 45.2 Å². The van der Waals surface area contributed by atoms with E-state index in [0.29, 0.717) is 0 Å². The minimum absolute atomic E-state index is 0.0247. The molecule has 0 radical (unpaired) electrons. The van der Waals surface area contributed by atoms with E-state index in [9.17, 15) is 13.2 Å². The lowest BCUT2D eigenvalue weighted by molar-refractivity contribution is 0.145. The molecule has 0 spiro atoms. The number of halogens is 5. The number of hydrogen-bond acceptors (Lipinski definition) is 1. The van der Waals surface area contributed by atoms with Crippen LogP contribution in [0.4, 0.5) is 13.2 Å². The lowest BCUT2D eigenvalue weighted by atomic mass is 10.3. The molecule has 1 rings (SSSR count). The molecule has 66 valence electrons. The molecule has 6 heteroatoms. The number of hydrogen-bond donors (Lipinski definition) is 0. The van der Waals surface area contributed by atoms with Crippen LogP contribution in [0.1, 0.15) is 12.0 Å². The Morgan fingerprint density at radius 3 is 2.33 bits per heavy atom. The number of nitrogens with zero attached hydrogens (tertiary/aromatic N) is 1. The largest absolute Gasteiger partial charge is 0.267 e. The van der Waals surface area contributed by atoms with Crippen molar-refractivity contribution >= 4 is 45.2 Å². The molecule has 0 fully saturated rings. The van der Waals surface area contributed by atoms with Crippen molar-refractivity contribution < 1.29 is 13.2 Å². The van der Waals surface area contributed by atoms with Crippen LogP contribution in [0.25, 0.3) is 0 Å². The van der Waals surface area contributed by atoms with Crippen LogP contribution in [0.2, 0.25) is 0 Å². The van der Waals surface area contributed by atoms with E-state index in [0.717, 1.165) is 0 Å². The molecule has 0 aliphatic carbocycles. The van der Waals surface area contributed by atoms with Crippen LogP contribution < -0.4 is 0 Å². The van der Waals surface area contributed by atoms with Gasteiger partial charge in [-0.15, -0.1) is 0 Å². The molecular formula is C6H2F3I2N. The Bertz CT molecular complexity index is 303. The molecule has 0 aliphatic heterocycles. The van der Waals surface area contributed by atoms with Crippen molar-refractivity contribution in [3.63, 3.8) is 0 Å². The Hall–Kier alpha value is 0.400. The molecule has 1 aromatic heterocycles. The van der Waals surface area contributed by atoms with Gasteiger partial charge in [0.05, 0.1) is 5.56 Å². The summed E-state index contributed by atoms with van der Waals surface area (Å²) >= 11 is 3.21. The van der Waals surface area contributed by atoms with Gasteiger partial charge in [-0.3, -0.25) is 0 Å². The topological polar surface area (TPSA) is 12.9 Å². The van der Waals surface area contributed by atoms with E-state index in [4.69, 9.17) is 0 Å². The van der Waals surface area contributed by atoms with Crippen molar-refractivity contribution in [1.82, 2.24) is 4.98 Å². The smallest absolute Gasteiger partial charge is 0.246 e. The van der Waals surface area contributed by atoms with E-state index in [-0.39, 0.29) is 7.27 Å². The first-order chi connectivity index (χ1) is 5.54.